The minimum Gasteiger partial charge on any atom is -0.479 e. The van der Waals surface area contributed by atoms with E-state index in [4.69, 9.17) is 20.4 Å². The molecule has 58 heavy (non-hydrogen) atoms. The van der Waals surface area contributed by atoms with Gasteiger partial charge in [0.05, 0.1) is 12.1 Å². The van der Waals surface area contributed by atoms with E-state index in [9.17, 15) is 41.1 Å². The molecule has 5 rings (SSSR count). The lowest BCUT2D eigenvalue weighted by atomic mass is 10.0. The van der Waals surface area contributed by atoms with Crippen molar-refractivity contribution in [2.45, 2.75) is 77.0 Å². The number of nitrogens with zero attached hydrogens (tertiary/aromatic N) is 3. The monoisotopic (exact) mass is 818 g/mol. The summed E-state index contributed by atoms with van der Waals surface area (Å²) in [5, 5.41) is 35.5. The number of halogens is 5. The number of benzene rings is 3. The molecule has 2 aliphatic rings. The van der Waals surface area contributed by atoms with Gasteiger partial charge in [-0.2, -0.15) is 13.2 Å². The number of hydrogen-bond acceptors (Lipinski definition) is 8. The fourth-order valence-corrected chi connectivity index (χ4v) is 6.86. The van der Waals surface area contributed by atoms with E-state index in [0.717, 1.165) is 60.1 Å². The number of amides is 2. The molecule has 0 fully saturated rings. The Morgan fingerprint density at radius 1 is 0.862 bits per heavy atom. The van der Waals surface area contributed by atoms with Gasteiger partial charge in [0.1, 0.15) is 6.17 Å². The number of carbonyl (C=O) groups excluding carboxylic acids is 2. The molecule has 3 aromatic carbocycles. The lowest BCUT2D eigenvalue weighted by molar-refractivity contribution is -0.165. The highest BCUT2D eigenvalue weighted by Crippen LogP contribution is 2.38. The van der Waals surface area contributed by atoms with Crippen molar-refractivity contribution in [2.24, 2.45) is 0 Å². The fourth-order valence-electron chi connectivity index (χ4n) is 6.86. The van der Waals surface area contributed by atoms with Crippen molar-refractivity contribution in [1.82, 2.24) is 20.0 Å². The number of aliphatic carboxylic acids is 2. The summed E-state index contributed by atoms with van der Waals surface area (Å²) in [7, 11) is 0. The van der Waals surface area contributed by atoms with Crippen LogP contribution in [0, 0.1) is 11.6 Å². The van der Waals surface area contributed by atoms with Crippen molar-refractivity contribution in [3.63, 3.8) is 0 Å². The SMILES string of the molecule is CCN(CC)CCN1C(=O)C2=C(CCC2)N(CC(=O)NCc2ccc(-c3ccc(C(F)(F)F)cc3)cc2)C1CCc1cccc(F)c1F.O=C(O)C(O)C(O)C(=O)O. The molecule has 2 amide bonds. The Hall–Kier alpha value is -5.39. The Balaban J connectivity index is 0.000000657. The maximum Gasteiger partial charge on any atom is 0.416 e. The molecule has 1 aliphatic carbocycles. The Kier molecular flexibility index (Phi) is 15.9. The van der Waals surface area contributed by atoms with Gasteiger partial charge < -0.3 is 40.4 Å². The molecule has 314 valence electrons. The van der Waals surface area contributed by atoms with Crippen molar-refractivity contribution in [3.05, 3.63) is 106 Å². The normalized spacial score (nSPS) is 16.4. The Bertz CT molecular complexity index is 1920. The van der Waals surface area contributed by atoms with Gasteiger partial charge in [0, 0.05) is 30.9 Å². The number of carboxylic acid groups (broad SMARTS) is 2. The second kappa shape index (κ2) is 20.3. The van der Waals surface area contributed by atoms with Crippen LogP contribution in [-0.4, -0.2) is 110 Å². The number of aliphatic hydroxyl groups is 2. The number of aliphatic hydroxyl groups excluding tert-OH is 2. The molecule has 3 aromatic rings. The van der Waals surface area contributed by atoms with Crippen LogP contribution in [0.4, 0.5) is 22.0 Å². The molecule has 0 saturated heterocycles. The van der Waals surface area contributed by atoms with E-state index in [-0.39, 0.29) is 36.9 Å². The second-order valence-electron chi connectivity index (χ2n) is 13.8. The Labute approximate surface area is 332 Å². The number of carbonyl (C=O) groups is 4. The van der Waals surface area contributed by atoms with Gasteiger partial charge >= 0.3 is 18.1 Å². The van der Waals surface area contributed by atoms with Gasteiger partial charge in [0.15, 0.2) is 23.8 Å². The standard InChI is InChI=1S/C37H41F5N4O2.C4H6O6/c1-3-44(4-2)21-22-45-34(20-17-28-7-5-9-31(38)35(28)39)46(32-10-6-8-30(32)36(45)48)24-33(47)43-23-25-11-13-26(14-12-25)27-15-18-29(19-16-27)37(40,41)42;5-1(3(7)8)2(6)4(9)10/h5,7,9,11-16,18-19,34H,3-4,6,8,10,17,20-24H2,1-2H3,(H,43,47);1-2,5-6H,(H,7,8)(H,9,10). The molecule has 0 saturated carbocycles. The van der Waals surface area contributed by atoms with Crippen LogP contribution in [-0.2, 0) is 38.3 Å². The number of carboxylic acids is 2. The quantitative estimate of drug-likeness (QED) is 0.124. The van der Waals surface area contributed by atoms with Crippen LogP contribution in [0.5, 0.6) is 0 Å². The highest BCUT2D eigenvalue weighted by molar-refractivity contribution is 5.96. The zero-order valence-electron chi connectivity index (χ0n) is 32.0. The largest absolute Gasteiger partial charge is 0.479 e. The van der Waals surface area contributed by atoms with Gasteiger partial charge in [0.2, 0.25) is 5.91 Å². The van der Waals surface area contributed by atoms with Crippen LogP contribution in [0.2, 0.25) is 0 Å². The van der Waals surface area contributed by atoms with Crippen LogP contribution in [0.1, 0.15) is 56.2 Å². The molecule has 1 aliphatic heterocycles. The van der Waals surface area contributed by atoms with Crippen LogP contribution in [0.3, 0.4) is 0 Å². The summed E-state index contributed by atoms with van der Waals surface area (Å²) in [6.07, 6.45) is -6.84. The lowest BCUT2D eigenvalue weighted by Gasteiger charge is -2.46. The van der Waals surface area contributed by atoms with E-state index >= 15 is 0 Å². The van der Waals surface area contributed by atoms with Crippen molar-refractivity contribution in [3.8, 4) is 11.1 Å². The van der Waals surface area contributed by atoms with E-state index in [1.54, 1.807) is 23.1 Å². The highest BCUT2D eigenvalue weighted by Gasteiger charge is 2.41. The molecule has 0 aromatic heterocycles. The first-order chi connectivity index (χ1) is 27.5. The summed E-state index contributed by atoms with van der Waals surface area (Å²) in [4.78, 5) is 52.8. The summed E-state index contributed by atoms with van der Waals surface area (Å²) in [5.41, 5.74) is 3.29. The summed E-state index contributed by atoms with van der Waals surface area (Å²) in [5.74, 6) is -5.66. The number of nitrogens with one attached hydrogen (secondary N) is 1. The minimum atomic E-state index is -4.40. The third-order valence-corrected chi connectivity index (χ3v) is 10.1. The number of hydrogen-bond donors (Lipinski definition) is 5. The third-order valence-electron chi connectivity index (χ3n) is 10.1. The number of rotatable bonds is 16. The average molecular weight is 819 g/mol. The van der Waals surface area contributed by atoms with E-state index in [1.165, 1.54) is 18.2 Å². The zero-order chi connectivity index (χ0) is 42.7. The van der Waals surface area contributed by atoms with Crippen LogP contribution in [0.15, 0.2) is 78.0 Å². The molecule has 3 unspecified atom stereocenters. The van der Waals surface area contributed by atoms with Crippen LogP contribution >= 0.6 is 0 Å². The van der Waals surface area contributed by atoms with Gasteiger partial charge in [-0.15, -0.1) is 0 Å². The second-order valence-corrected chi connectivity index (χ2v) is 13.8. The predicted molar refractivity (Wildman–Crippen MR) is 202 cm³/mol. The molecular weight excluding hydrogens is 771 g/mol. The van der Waals surface area contributed by atoms with Crippen molar-refractivity contribution >= 4 is 23.8 Å². The Morgan fingerprint density at radius 3 is 2.00 bits per heavy atom. The fraction of sp³-hybridized carbons (Fsp3) is 0.415. The van der Waals surface area contributed by atoms with Gasteiger partial charge in [-0.25, -0.2) is 18.4 Å². The lowest BCUT2D eigenvalue weighted by Crippen LogP contribution is -2.58. The molecule has 0 spiro atoms. The number of likely N-dealkylation sites (N-methyl/N-ethyl adjacent to an activating group) is 1. The smallest absolute Gasteiger partial charge is 0.416 e. The zero-order valence-corrected chi connectivity index (χ0v) is 32.0. The molecular formula is C41H47F5N4O8. The van der Waals surface area contributed by atoms with E-state index in [0.29, 0.717) is 37.9 Å². The maximum atomic E-state index is 14.6. The molecule has 0 radical (unpaired) electrons. The van der Waals surface area contributed by atoms with E-state index in [2.05, 4.69) is 24.1 Å². The molecule has 3 atom stereocenters. The number of alkyl halides is 3. The van der Waals surface area contributed by atoms with Gasteiger partial charge in [-0.05, 0) is 85.6 Å². The van der Waals surface area contributed by atoms with Gasteiger partial charge in [0.25, 0.3) is 5.91 Å². The van der Waals surface area contributed by atoms with E-state index in [1.807, 2.05) is 17.0 Å². The summed E-state index contributed by atoms with van der Waals surface area (Å²) in [6, 6.07) is 16.3. The van der Waals surface area contributed by atoms with Gasteiger partial charge in [-0.3, -0.25) is 9.59 Å². The molecule has 17 heteroatoms. The average Bonchev–Trinajstić information content (AvgIpc) is 3.70. The van der Waals surface area contributed by atoms with Crippen LogP contribution in [0.25, 0.3) is 11.1 Å². The topological polar surface area (TPSA) is 171 Å². The van der Waals surface area contributed by atoms with Crippen molar-refractivity contribution < 1.29 is 61.6 Å². The summed E-state index contributed by atoms with van der Waals surface area (Å²) < 4.78 is 67.5. The molecule has 1 heterocycles. The van der Waals surface area contributed by atoms with Gasteiger partial charge in [-0.1, -0.05) is 62.4 Å². The summed E-state index contributed by atoms with van der Waals surface area (Å²) in [6.45, 7) is 7.08. The Morgan fingerprint density at radius 2 is 1.45 bits per heavy atom. The molecule has 5 N–H and O–H groups in total. The maximum absolute atomic E-state index is 14.6. The minimum absolute atomic E-state index is 0.00613. The first-order valence-electron chi connectivity index (χ1n) is 18.8. The van der Waals surface area contributed by atoms with Crippen LogP contribution < -0.4 is 5.32 Å². The number of aryl methyl sites for hydroxylation is 1. The highest BCUT2D eigenvalue weighted by atomic mass is 19.4. The molecule has 0 bridgehead atoms. The number of allylic oxidation sites excluding steroid dienone is 1. The van der Waals surface area contributed by atoms with E-state index < -0.39 is 53.7 Å². The first-order valence-corrected chi connectivity index (χ1v) is 18.8. The summed E-state index contributed by atoms with van der Waals surface area (Å²) >= 11 is 0. The van der Waals surface area contributed by atoms with Crippen molar-refractivity contribution in [1.29, 1.82) is 0 Å². The third kappa shape index (κ3) is 11.6. The predicted octanol–water partition coefficient (Wildman–Crippen LogP) is 5.03. The first kappa shape index (κ1) is 45.3. The van der Waals surface area contributed by atoms with Crippen molar-refractivity contribution in [2.75, 3.05) is 32.7 Å². The molecule has 12 nitrogen and oxygen atoms in total.